The second-order valence-electron chi connectivity index (χ2n) is 24.1. The molecule has 0 heterocycles. The highest BCUT2D eigenvalue weighted by molar-refractivity contribution is 7.47. The predicted molar refractivity (Wildman–Crippen MR) is 331 cm³/mol. The second-order valence-corrected chi connectivity index (χ2v) is 27.0. The summed E-state index contributed by atoms with van der Waals surface area (Å²) < 4.78 is 68.0. The number of unbranched alkanes of at least 4 members (excludes halogenated alkanes) is 33. The van der Waals surface area contributed by atoms with Gasteiger partial charge in [-0.2, -0.15) is 0 Å². The maximum Gasteiger partial charge on any atom is 0.472 e. The zero-order valence-electron chi connectivity index (χ0n) is 53.5. The monoisotopic (exact) mass is 1230 g/mol. The number of hydrogen-bond acceptors (Lipinski definition) is 15. The maximum absolute atomic E-state index is 13.0. The third-order valence-corrected chi connectivity index (χ3v) is 16.6. The number of carbonyl (C=O) groups is 4. The van der Waals surface area contributed by atoms with Crippen LogP contribution in [0, 0.1) is 11.8 Å². The third kappa shape index (κ3) is 58.8. The fraction of sp³-hybridized carbons (Fsp3) is 0.938. The molecule has 0 aromatic heterocycles. The van der Waals surface area contributed by atoms with E-state index in [1.807, 2.05) is 0 Å². The molecule has 0 spiro atoms. The Hall–Kier alpha value is -1.94. The van der Waals surface area contributed by atoms with Crippen LogP contribution >= 0.6 is 15.6 Å². The molecule has 0 fully saturated rings. The maximum atomic E-state index is 13.0. The predicted octanol–water partition coefficient (Wildman–Crippen LogP) is 17.7. The lowest BCUT2D eigenvalue weighted by Gasteiger charge is -2.21. The van der Waals surface area contributed by atoms with Gasteiger partial charge in [-0.15, -0.1) is 0 Å². The van der Waals surface area contributed by atoms with Crippen LogP contribution in [0.2, 0.25) is 0 Å². The van der Waals surface area contributed by atoms with E-state index in [4.69, 9.17) is 37.0 Å². The zero-order chi connectivity index (χ0) is 61.5. The summed E-state index contributed by atoms with van der Waals surface area (Å²) in [5.41, 5.74) is 0. The molecule has 5 atom stereocenters. The molecule has 17 nitrogen and oxygen atoms in total. The smallest absolute Gasteiger partial charge is 0.462 e. The van der Waals surface area contributed by atoms with Crippen LogP contribution in [-0.2, 0) is 65.4 Å². The average molecular weight is 1230 g/mol. The molecule has 0 saturated carbocycles. The second kappa shape index (κ2) is 56.6. The van der Waals surface area contributed by atoms with Gasteiger partial charge in [0.15, 0.2) is 12.2 Å². The van der Waals surface area contributed by atoms with Gasteiger partial charge in [0.25, 0.3) is 0 Å². The molecular weight excluding hydrogens is 1100 g/mol. The van der Waals surface area contributed by atoms with Crippen LogP contribution in [0.25, 0.3) is 0 Å². The molecule has 83 heavy (non-hydrogen) atoms. The first kappa shape index (κ1) is 81.1. The number of hydrogen-bond donors (Lipinski definition) is 3. The van der Waals surface area contributed by atoms with Crippen molar-refractivity contribution in [3.63, 3.8) is 0 Å². The molecule has 19 heteroatoms. The van der Waals surface area contributed by atoms with Crippen LogP contribution in [0.1, 0.15) is 318 Å². The van der Waals surface area contributed by atoms with Gasteiger partial charge in [0.05, 0.1) is 26.4 Å². The van der Waals surface area contributed by atoms with Gasteiger partial charge in [-0.1, -0.05) is 266 Å². The summed E-state index contributed by atoms with van der Waals surface area (Å²) in [6, 6.07) is 0. The molecule has 0 aliphatic carbocycles. The van der Waals surface area contributed by atoms with Crippen LogP contribution in [0.3, 0.4) is 0 Å². The summed E-state index contributed by atoms with van der Waals surface area (Å²) >= 11 is 0. The van der Waals surface area contributed by atoms with Gasteiger partial charge in [-0.25, -0.2) is 9.13 Å². The van der Waals surface area contributed by atoms with E-state index in [0.29, 0.717) is 37.5 Å². The standard InChI is InChI=1S/C64H124O17P2/c1-7-9-11-13-15-17-19-20-21-23-29-36-42-48-63(68)80-59(53-75-62(67)47-41-35-30-24-26-32-38-44-56(3)4)54-78-82(70,71)76-50-58(65)51-77-83(72,73)79-55-60(81-64(69)49-43-37-31-25-27-33-39-45-57(5)6)52-74-61(66)46-40-34-28-22-18-16-14-12-10-8-2/h56-60,65H,7-55H2,1-6H3,(H,70,71)(H,72,73)/t58-,59-,60-/m1/s1. The molecule has 0 bridgehead atoms. The molecule has 0 aromatic rings. The van der Waals surface area contributed by atoms with E-state index in [2.05, 4.69) is 41.5 Å². The molecule has 0 aliphatic heterocycles. The van der Waals surface area contributed by atoms with Crippen LogP contribution in [0.4, 0.5) is 0 Å². The van der Waals surface area contributed by atoms with Crippen LogP contribution in [0.15, 0.2) is 0 Å². The van der Waals surface area contributed by atoms with Crippen LogP contribution in [-0.4, -0.2) is 96.7 Å². The number of aliphatic hydroxyl groups excluding tert-OH is 1. The molecule has 0 amide bonds. The van der Waals surface area contributed by atoms with E-state index >= 15 is 0 Å². The average Bonchev–Trinajstić information content (AvgIpc) is 3.46. The Labute approximate surface area is 505 Å². The summed E-state index contributed by atoms with van der Waals surface area (Å²) in [4.78, 5) is 72.2. The minimum absolute atomic E-state index is 0.103. The molecule has 0 rings (SSSR count). The topological polar surface area (TPSA) is 237 Å². The van der Waals surface area contributed by atoms with Crippen molar-refractivity contribution >= 4 is 39.5 Å². The van der Waals surface area contributed by atoms with E-state index in [-0.39, 0.29) is 25.7 Å². The number of rotatable bonds is 63. The Morgan fingerprint density at radius 1 is 0.325 bits per heavy atom. The van der Waals surface area contributed by atoms with E-state index < -0.39 is 97.5 Å². The first-order valence-electron chi connectivity index (χ1n) is 33.5. The molecule has 3 N–H and O–H groups in total. The SMILES string of the molecule is CCCCCCCCCCCCCCCC(=O)O[C@H](COC(=O)CCCCCCCCCC(C)C)COP(=O)(O)OC[C@@H](O)COP(=O)(O)OC[C@@H](COC(=O)CCCCCCCCCCCC)OC(=O)CCCCCCCCCC(C)C. The van der Waals surface area contributed by atoms with Crippen molar-refractivity contribution in [2.75, 3.05) is 39.6 Å². The van der Waals surface area contributed by atoms with Gasteiger partial charge in [0.1, 0.15) is 19.3 Å². The van der Waals surface area contributed by atoms with Crippen LogP contribution < -0.4 is 0 Å². The molecule has 0 aromatic carbocycles. The normalized spacial score (nSPS) is 14.3. The zero-order valence-corrected chi connectivity index (χ0v) is 55.3. The molecule has 0 saturated heterocycles. The first-order chi connectivity index (χ1) is 39.9. The summed E-state index contributed by atoms with van der Waals surface area (Å²) in [5.74, 6) is -0.734. The highest BCUT2D eigenvalue weighted by atomic mass is 31.2. The quantitative estimate of drug-likeness (QED) is 0.0222. The van der Waals surface area contributed by atoms with Gasteiger partial charge in [-0.3, -0.25) is 37.3 Å². The lowest BCUT2D eigenvalue weighted by atomic mass is 10.0. The minimum atomic E-state index is -4.94. The molecule has 0 aliphatic rings. The van der Waals surface area contributed by atoms with Crippen molar-refractivity contribution < 1.29 is 80.2 Å². The fourth-order valence-corrected chi connectivity index (χ4v) is 11.1. The largest absolute Gasteiger partial charge is 0.472 e. The number of phosphoric acid groups is 2. The van der Waals surface area contributed by atoms with Crippen molar-refractivity contribution in [2.24, 2.45) is 11.8 Å². The highest BCUT2D eigenvalue weighted by Crippen LogP contribution is 2.45. The summed E-state index contributed by atoms with van der Waals surface area (Å²) in [5, 5.41) is 10.5. The molecule has 492 valence electrons. The Balaban J connectivity index is 5.24. The molecule has 2 unspecified atom stereocenters. The number of ether oxygens (including phenoxy) is 4. The van der Waals surface area contributed by atoms with Gasteiger partial charge in [0, 0.05) is 25.7 Å². The van der Waals surface area contributed by atoms with Crippen molar-refractivity contribution in [1.29, 1.82) is 0 Å². The van der Waals surface area contributed by atoms with Crippen molar-refractivity contribution in [2.45, 2.75) is 336 Å². The van der Waals surface area contributed by atoms with Crippen molar-refractivity contribution in [3.8, 4) is 0 Å². The van der Waals surface area contributed by atoms with Gasteiger partial charge < -0.3 is 33.8 Å². The number of aliphatic hydroxyl groups is 1. The van der Waals surface area contributed by atoms with E-state index in [0.717, 1.165) is 96.3 Å². The number of carbonyl (C=O) groups excluding carboxylic acids is 4. The van der Waals surface area contributed by atoms with Crippen molar-refractivity contribution in [1.82, 2.24) is 0 Å². The van der Waals surface area contributed by atoms with Gasteiger partial charge >= 0.3 is 39.5 Å². The molecule has 0 radical (unpaired) electrons. The van der Waals surface area contributed by atoms with Crippen LogP contribution in [0.5, 0.6) is 0 Å². The lowest BCUT2D eigenvalue weighted by molar-refractivity contribution is -0.161. The van der Waals surface area contributed by atoms with E-state index in [1.54, 1.807) is 0 Å². The number of phosphoric ester groups is 2. The first-order valence-corrected chi connectivity index (χ1v) is 36.5. The van der Waals surface area contributed by atoms with Gasteiger partial charge in [-0.05, 0) is 37.5 Å². The summed E-state index contributed by atoms with van der Waals surface area (Å²) in [6.07, 6.45) is 39.0. The Kier molecular flexibility index (Phi) is 55.2. The van der Waals surface area contributed by atoms with E-state index in [1.165, 1.54) is 128 Å². The van der Waals surface area contributed by atoms with Crippen molar-refractivity contribution in [3.05, 3.63) is 0 Å². The molecular formula is C64H124O17P2. The fourth-order valence-electron chi connectivity index (χ4n) is 9.53. The Morgan fingerprint density at radius 2 is 0.554 bits per heavy atom. The highest BCUT2D eigenvalue weighted by Gasteiger charge is 2.30. The van der Waals surface area contributed by atoms with Gasteiger partial charge in [0.2, 0.25) is 0 Å². The van der Waals surface area contributed by atoms with E-state index in [9.17, 15) is 43.2 Å². The third-order valence-electron chi connectivity index (χ3n) is 14.7. The Bertz CT molecular complexity index is 1630. The Morgan fingerprint density at radius 3 is 0.819 bits per heavy atom. The summed E-state index contributed by atoms with van der Waals surface area (Å²) in [7, 11) is -9.89. The minimum Gasteiger partial charge on any atom is -0.462 e. The summed E-state index contributed by atoms with van der Waals surface area (Å²) in [6.45, 7) is 9.37. The lowest BCUT2D eigenvalue weighted by Crippen LogP contribution is -2.30. The number of esters is 4.